The average Bonchev–Trinajstić information content (AvgIpc) is 2.42. The fraction of sp³-hybridized carbons (Fsp3) is 0.429. The summed E-state index contributed by atoms with van der Waals surface area (Å²) in [5.41, 5.74) is 0.499. The Morgan fingerprint density at radius 2 is 1.90 bits per heavy atom. The molecule has 0 fully saturated rings. The van der Waals surface area contributed by atoms with Gasteiger partial charge < -0.3 is 26.0 Å². The minimum absolute atomic E-state index is 0.0151. The molecule has 21 heavy (non-hydrogen) atoms. The van der Waals surface area contributed by atoms with Crippen molar-refractivity contribution in [1.82, 2.24) is 10.6 Å². The fourth-order valence-electron chi connectivity index (χ4n) is 1.84. The molecule has 0 radical (unpaired) electrons. The van der Waals surface area contributed by atoms with Crippen LogP contribution < -0.4 is 10.6 Å². The smallest absolute Gasteiger partial charge is 0.326 e. The van der Waals surface area contributed by atoms with E-state index in [1.807, 2.05) is 0 Å². The van der Waals surface area contributed by atoms with Gasteiger partial charge in [0.2, 0.25) is 5.91 Å². The summed E-state index contributed by atoms with van der Waals surface area (Å²) in [5, 5.41) is 33.1. The van der Waals surface area contributed by atoms with E-state index in [2.05, 4.69) is 10.6 Å². The third kappa shape index (κ3) is 4.96. The highest BCUT2D eigenvalue weighted by Gasteiger charge is 2.23. The largest absolute Gasteiger partial charge is 0.504 e. The maximum atomic E-state index is 11.9. The summed E-state index contributed by atoms with van der Waals surface area (Å²) in [6, 6.07) is 2.94. The van der Waals surface area contributed by atoms with E-state index < -0.39 is 12.0 Å². The molecule has 1 rings (SSSR count). The van der Waals surface area contributed by atoms with Crippen LogP contribution >= 0.6 is 0 Å². The number of hydrogen-bond donors (Lipinski definition) is 5. The van der Waals surface area contributed by atoms with Gasteiger partial charge in [0.1, 0.15) is 6.04 Å². The normalized spacial score (nSPS) is 13.4. The summed E-state index contributed by atoms with van der Waals surface area (Å²) < 4.78 is 0. The Morgan fingerprint density at radius 1 is 1.24 bits per heavy atom. The Morgan fingerprint density at radius 3 is 2.43 bits per heavy atom. The van der Waals surface area contributed by atoms with Gasteiger partial charge in [0.25, 0.3) is 0 Å². The predicted octanol–water partition coefficient (Wildman–Crippen LogP) is 0.0652. The van der Waals surface area contributed by atoms with Crippen molar-refractivity contribution in [3.63, 3.8) is 0 Å². The highest BCUT2D eigenvalue weighted by molar-refractivity contribution is 5.85. The third-order valence-corrected chi connectivity index (χ3v) is 3.05. The molecule has 2 atom stereocenters. The van der Waals surface area contributed by atoms with E-state index in [0.29, 0.717) is 12.1 Å². The fourth-order valence-corrected chi connectivity index (χ4v) is 1.84. The second-order valence-corrected chi connectivity index (χ2v) is 4.89. The molecular formula is C14H20N2O5. The van der Waals surface area contributed by atoms with Crippen LogP contribution in [0.4, 0.5) is 0 Å². The van der Waals surface area contributed by atoms with Crippen LogP contribution in [-0.4, -0.2) is 46.8 Å². The quantitative estimate of drug-likeness (QED) is 0.454. The Hall–Kier alpha value is -2.28. The van der Waals surface area contributed by atoms with Crippen LogP contribution in [-0.2, 0) is 16.0 Å². The van der Waals surface area contributed by atoms with E-state index in [4.69, 9.17) is 0 Å². The summed E-state index contributed by atoms with van der Waals surface area (Å²) >= 11 is 0. The lowest BCUT2D eigenvalue weighted by atomic mass is 10.0. The van der Waals surface area contributed by atoms with E-state index in [9.17, 15) is 24.9 Å². The van der Waals surface area contributed by atoms with Gasteiger partial charge >= 0.3 is 5.97 Å². The van der Waals surface area contributed by atoms with E-state index >= 15 is 0 Å². The lowest BCUT2D eigenvalue weighted by Crippen LogP contribution is -2.45. The number of carboxylic acid groups (broad SMARTS) is 1. The summed E-state index contributed by atoms with van der Waals surface area (Å²) in [6.45, 7) is 2.13. The van der Waals surface area contributed by atoms with Crippen LogP contribution in [0.15, 0.2) is 18.2 Å². The first-order chi connectivity index (χ1) is 9.85. The molecule has 1 amide bonds. The molecule has 0 aliphatic carbocycles. The third-order valence-electron chi connectivity index (χ3n) is 3.05. The van der Waals surface area contributed by atoms with Gasteiger partial charge in [-0.2, -0.15) is 0 Å². The molecule has 116 valence electrons. The zero-order valence-electron chi connectivity index (χ0n) is 12.0. The maximum absolute atomic E-state index is 11.9. The van der Waals surface area contributed by atoms with E-state index in [-0.39, 0.29) is 29.7 Å². The number of phenols is 2. The number of amides is 1. The van der Waals surface area contributed by atoms with Crippen molar-refractivity contribution in [2.24, 2.45) is 5.92 Å². The predicted molar refractivity (Wildman–Crippen MR) is 76.1 cm³/mol. The molecule has 0 spiro atoms. The highest BCUT2D eigenvalue weighted by Crippen LogP contribution is 2.25. The van der Waals surface area contributed by atoms with Crippen molar-refractivity contribution >= 4 is 11.9 Å². The zero-order chi connectivity index (χ0) is 16.0. The zero-order valence-corrected chi connectivity index (χ0v) is 12.0. The molecule has 5 N–H and O–H groups in total. The molecular weight excluding hydrogens is 276 g/mol. The summed E-state index contributed by atoms with van der Waals surface area (Å²) in [7, 11) is 1.71. The molecule has 1 aromatic rings. The number of aliphatic carboxylic acids is 1. The lowest BCUT2D eigenvalue weighted by molar-refractivity contribution is -0.142. The molecule has 1 aromatic carbocycles. The topological polar surface area (TPSA) is 119 Å². The van der Waals surface area contributed by atoms with Crippen molar-refractivity contribution in [1.29, 1.82) is 0 Å². The van der Waals surface area contributed by atoms with Crippen molar-refractivity contribution in [3.8, 4) is 11.5 Å². The van der Waals surface area contributed by atoms with Gasteiger partial charge in [-0.05, 0) is 24.7 Å². The van der Waals surface area contributed by atoms with Crippen LogP contribution in [0, 0.1) is 5.92 Å². The monoisotopic (exact) mass is 296 g/mol. The Labute approximate surface area is 122 Å². The molecule has 0 aromatic heterocycles. The average molecular weight is 296 g/mol. The number of phenolic OH excluding ortho intramolecular Hbond substituents is 2. The highest BCUT2D eigenvalue weighted by atomic mass is 16.4. The van der Waals surface area contributed by atoms with Gasteiger partial charge in [-0.15, -0.1) is 0 Å². The lowest BCUT2D eigenvalue weighted by Gasteiger charge is -2.18. The SMILES string of the molecule is CNCC(C)C(=O)N[C@@H](Cc1ccc(O)c(O)c1)C(=O)O. The maximum Gasteiger partial charge on any atom is 0.326 e. The number of benzene rings is 1. The van der Waals surface area contributed by atoms with Crippen LogP contribution in [0.5, 0.6) is 11.5 Å². The van der Waals surface area contributed by atoms with Gasteiger partial charge in [-0.1, -0.05) is 13.0 Å². The second kappa shape index (κ2) is 7.49. The van der Waals surface area contributed by atoms with E-state index in [0.717, 1.165) is 0 Å². The van der Waals surface area contributed by atoms with Gasteiger partial charge in [0.05, 0.1) is 0 Å². The van der Waals surface area contributed by atoms with Crippen LogP contribution in [0.25, 0.3) is 0 Å². The van der Waals surface area contributed by atoms with Crippen molar-refractivity contribution in [3.05, 3.63) is 23.8 Å². The first kappa shape index (κ1) is 16.8. The number of carboxylic acids is 1. The number of rotatable bonds is 7. The number of carbonyl (C=O) groups excluding carboxylic acids is 1. The number of nitrogens with one attached hydrogen (secondary N) is 2. The van der Waals surface area contributed by atoms with Gasteiger partial charge in [-0.3, -0.25) is 4.79 Å². The van der Waals surface area contributed by atoms with Crippen molar-refractivity contribution in [2.75, 3.05) is 13.6 Å². The van der Waals surface area contributed by atoms with Crippen LogP contribution in [0.3, 0.4) is 0 Å². The Kier molecular flexibility index (Phi) is 5.98. The standard InChI is InChI=1S/C14H20N2O5/c1-8(7-15-2)13(19)16-10(14(20)21)5-9-3-4-11(17)12(18)6-9/h3-4,6,8,10,15,17-18H,5,7H2,1-2H3,(H,16,19)(H,20,21)/t8?,10-/m0/s1. The summed E-state index contributed by atoms with van der Waals surface area (Å²) in [4.78, 5) is 23.1. The molecule has 0 aliphatic heterocycles. The molecule has 7 nitrogen and oxygen atoms in total. The second-order valence-electron chi connectivity index (χ2n) is 4.89. The first-order valence-electron chi connectivity index (χ1n) is 6.53. The van der Waals surface area contributed by atoms with Gasteiger partial charge in [0, 0.05) is 18.9 Å². The van der Waals surface area contributed by atoms with Crippen LogP contribution in [0.1, 0.15) is 12.5 Å². The molecule has 0 saturated carbocycles. The Bertz CT molecular complexity index is 518. The summed E-state index contributed by atoms with van der Waals surface area (Å²) in [5.74, 6) is -2.48. The number of aromatic hydroxyl groups is 2. The number of carbonyl (C=O) groups is 2. The number of hydrogen-bond acceptors (Lipinski definition) is 5. The van der Waals surface area contributed by atoms with Crippen molar-refractivity contribution in [2.45, 2.75) is 19.4 Å². The minimum Gasteiger partial charge on any atom is -0.504 e. The molecule has 7 heteroatoms. The minimum atomic E-state index is -1.16. The molecule has 0 bridgehead atoms. The van der Waals surface area contributed by atoms with Gasteiger partial charge in [0.15, 0.2) is 11.5 Å². The van der Waals surface area contributed by atoms with Gasteiger partial charge in [-0.25, -0.2) is 4.79 Å². The first-order valence-corrected chi connectivity index (χ1v) is 6.53. The molecule has 0 aliphatic rings. The summed E-state index contributed by atoms with van der Waals surface area (Å²) in [6.07, 6.45) is 0.0151. The molecule has 1 unspecified atom stereocenters. The molecule has 0 heterocycles. The van der Waals surface area contributed by atoms with E-state index in [1.54, 1.807) is 14.0 Å². The van der Waals surface area contributed by atoms with E-state index in [1.165, 1.54) is 18.2 Å². The Balaban J connectivity index is 2.76. The van der Waals surface area contributed by atoms with Crippen LogP contribution in [0.2, 0.25) is 0 Å². The molecule has 0 saturated heterocycles. The van der Waals surface area contributed by atoms with Crippen molar-refractivity contribution < 1.29 is 24.9 Å².